The Labute approximate surface area is 304 Å². The van der Waals surface area contributed by atoms with E-state index in [-0.39, 0.29) is 24.3 Å². The fourth-order valence-corrected chi connectivity index (χ4v) is 7.54. The Morgan fingerprint density at radius 2 is 1.27 bits per heavy atom. The molecule has 2 fully saturated rings. The van der Waals surface area contributed by atoms with Gasteiger partial charge in [0.05, 0.1) is 24.0 Å². The lowest BCUT2D eigenvalue weighted by Crippen LogP contribution is -2.43. The lowest BCUT2D eigenvalue weighted by molar-refractivity contribution is 0.0216. The number of fused-ring (bicyclic) bond motifs is 1. The third-order valence-corrected chi connectivity index (χ3v) is 9.94. The maximum atomic E-state index is 12.9. The van der Waals surface area contributed by atoms with Gasteiger partial charge in [-0.2, -0.15) is 0 Å². The largest absolute Gasteiger partial charge is 0.444 e. The molecule has 2 saturated heterocycles. The molecule has 3 aromatic carbocycles. The van der Waals surface area contributed by atoms with Crippen molar-refractivity contribution in [3.05, 3.63) is 83.4 Å². The van der Waals surface area contributed by atoms with Crippen molar-refractivity contribution in [2.75, 3.05) is 13.1 Å². The Balaban J connectivity index is 1.02. The van der Waals surface area contributed by atoms with Crippen LogP contribution in [0.2, 0.25) is 0 Å². The molecule has 4 aromatic rings. The maximum absolute atomic E-state index is 12.9. The molecule has 266 valence electrons. The van der Waals surface area contributed by atoms with Gasteiger partial charge in [0.15, 0.2) is 0 Å². The smallest absolute Gasteiger partial charge is 0.410 e. The number of halogens is 1. The van der Waals surface area contributed by atoms with E-state index in [1.807, 2.05) is 47.7 Å². The third-order valence-electron chi connectivity index (χ3n) is 9.62. The first-order chi connectivity index (χ1) is 24.2. The number of benzene rings is 3. The number of aromatic amines is 1. The number of nitrogens with zero attached hydrogens (tertiary/aromatic N) is 4. The number of H-pyrrole nitrogens is 1. The first-order valence-corrected chi connectivity index (χ1v) is 18.3. The molecule has 0 spiro atoms. The minimum Gasteiger partial charge on any atom is -0.444 e. The van der Waals surface area contributed by atoms with E-state index in [1.165, 1.54) is 0 Å². The minimum absolute atomic E-state index is 0.0966. The second-order valence-electron chi connectivity index (χ2n) is 15.7. The molecule has 2 amide bonds. The Hall–Kier alpha value is -4.63. The summed E-state index contributed by atoms with van der Waals surface area (Å²) in [5.74, 6) is 0.783. The molecule has 0 radical (unpaired) electrons. The van der Waals surface area contributed by atoms with Crippen LogP contribution >= 0.6 is 11.6 Å². The van der Waals surface area contributed by atoms with Crippen molar-refractivity contribution in [3.63, 3.8) is 0 Å². The predicted octanol–water partition coefficient (Wildman–Crippen LogP) is 10.1. The molecule has 7 rings (SSSR count). The zero-order valence-electron chi connectivity index (χ0n) is 30.3. The van der Waals surface area contributed by atoms with Crippen molar-refractivity contribution in [2.45, 2.75) is 96.9 Å². The van der Waals surface area contributed by atoms with Gasteiger partial charge in [-0.25, -0.2) is 19.6 Å². The standard InChI is InChI=1S/C41H46ClN5O4/c1-40(2,3)50-38(48)46-19-7-9-34(46)32-23-31(36(42)44-32)26-13-11-25(12-14-26)27-15-16-29-22-30(18-17-28(29)21-27)33-24-43-37(45-33)35-10-8-20-47(35)39(49)51-41(4,5)6/h11-18,21-22,24,34-35H,7-10,19-20,23H2,1-6H3,(H,43,45)/t34-,35-/m0/s1. The molecule has 1 aromatic heterocycles. The fourth-order valence-electron chi connectivity index (χ4n) is 7.25. The monoisotopic (exact) mass is 707 g/mol. The van der Waals surface area contributed by atoms with Crippen LogP contribution in [0.15, 0.2) is 77.0 Å². The molecule has 3 aliphatic heterocycles. The van der Waals surface area contributed by atoms with Crippen molar-refractivity contribution in [2.24, 2.45) is 4.99 Å². The molecule has 10 heteroatoms. The lowest BCUT2D eigenvalue weighted by atomic mass is 9.95. The number of nitrogens with one attached hydrogen (secondary N) is 1. The number of aliphatic imine (C=N–C) groups is 1. The summed E-state index contributed by atoms with van der Waals surface area (Å²) in [5.41, 5.74) is 6.02. The highest BCUT2D eigenvalue weighted by molar-refractivity contribution is 6.35. The van der Waals surface area contributed by atoms with E-state index in [1.54, 1.807) is 9.80 Å². The molecule has 9 nitrogen and oxygen atoms in total. The van der Waals surface area contributed by atoms with Gasteiger partial charge in [0.2, 0.25) is 0 Å². The topological polar surface area (TPSA) is 100 Å². The van der Waals surface area contributed by atoms with Gasteiger partial charge in [-0.3, -0.25) is 9.80 Å². The summed E-state index contributed by atoms with van der Waals surface area (Å²) in [6.07, 6.45) is 5.41. The maximum Gasteiger partial charge on any atom is 0.410 e. The highest BCUT2D eigenvalue weighted by Crippen LogP contribution is 2.38. The summed E-state index contributed by atoms with van der Waals surface area (Å²) in [5, 5.41) is 2.75. The molecule has 0 saturated carbocycles. The number of ether oxygens (including phenoxy) is 2. The van der Waals surface area contributed by atoms with E-state index in [2.05, 4.69) is 70.6 Å². The number of amides is 2. The van der Waals surface area contributed by atoms with E-state index in [0.717, 1.165) is 81.5 Å². The number of hydrogen-bond donors (Lipinski definition) is 1. The van der Waals surface area contributed by atoms with Gasteiger partial charge in [0.25, 0.3) is 0 Å². The first-order valence-electron chi connectivity index (χ1n) is 17.9. The highest BCUT2D eigenvalue weighted by atomic mass is 35.5. The average Bonchev–Trinajstić information content (AvgIpc) is 3.89. The second-order valence-corrected chi connectivity index (χ2v) is 16.1. The summed E-state index contributed by atoms with van der Waals surface area (Å²) in [7, 11) is 0. The molecule has 1 N–H and O–H groups in total. The third kappa shape index (κ3) is 7.54. The van der Waals surface area contributed by atoms with Crippen LogP contribution in [-0.4, -0.2) is 68.0 Å². The molecule has 51 heavy (non-hydrogen) atoms. The quantitative estimate of drug-likeness (QED) is 0.208. The summed E-state index contributed by atoms with van der Waals surface area (Å²) in [4.78, 5) is 42.2. The van der Waals surface area contributed by atoms with Crippen LogP contribution in [0.3, 0.4) is 0 Å². The zero-order valence-corrected chi connectivity index (χ0v) is 31.0. The lowest BCUT2D eigenvalue weighted by Gasteiger charge is -2.28. The normalized spacial score (nSPS) is 19.6. The van der Waals surface area contributed by atoms with Gasteiger partial charge in [-0.05, 0) is 107 Å². The number of allylic oxidation sites excluding steroid dienone is 1. The number of hydrogen-bond acceptors (Lipinski definition) is 6. The van der Waals surface area contributed by atoms with Crippen LogP contribution in [0.25, 0.3) is 38.7 Å². The Morgan fingerprint density at radius 3 is 1.90 bits per heavy atom. The van der Waals surface area contributed by atoms with Crippen molar-refractivity contribution in [1.82, 2.24) is 19.8 Å². The van der Waals surface area contributed by atoms with Gasteiger partial charge in [-0.15, -0.1) is 0 Å². The van der Waals surface area contributed by atoms with Crippen molar-refractivity contribution >= 4 is 45.8 Å². The van der Waals surface area contributed by atoms with E-state index in [9.17, 15) is 9.59 Å². The van der Waals surface area contributed by atoms with Crippen molar-refractivity contribution < 1.29 is 19.1 Å². The van der Waals surface area contributed by atoms with Crippen LogP contribution in [0.1, 0.15) is 91.1 Å². The molecule has 2 atom stereocenters. The van der Waals surface area contributed by atoms with Crippen molar-refractivity contribution in [1.29, 1.82) is 0 Å². The number of rotatable bonds is 5. The van der Waals surface area contributed by atoms with Crippen LogP contribution in [0.5, 0.6) is 0 Å². The number of carbonyl (C=O) groups is 2. The Bertz CT molecular complexity index is 2040. The van der Waals surface area contributed by atoms with Gasteiger partial charge in [0, 0.05) is 36.4 Å². The van der Waals surface area contributed by atoms with Gasteiger partial charge < -0.3 is 14.5 Å². The Morgan fingerprint density at radius 1 is 0.745 bits per heavy atom. The molecule has 3 aliphatic rings. The molecule has 0 unspecified atom stereocenters. The van der Waals surface area contributed by atoms with E-state index in [0.29, 0.717) is 24.7 Å². The van der Waals surface area contributed by atoms with Crippen LogP contribution < -0.4 is 0 Å². The Kier molecular flexibility index (Phi) is 9.21. The minimum atomic E-state index is -0.548. The number of aromatic nitrogens is 2. The summed E-state index contributed by atoms with van der Waals surface area (Å²) >= 11 is 6.70. The summed E-state index contributed by atoms with van der Waals surface area (Å²) < 4.78 is 11.3. The van der Waals surface area contributed by atoms with Crippen LogP contribution in [-0.2, 0) is 9.47 Å². The first kappa shape index (κ1) is 34.8. The SMILES string of the molecule is CC(C)(C)OC(=O)N1CCC[C@H]1C1=NC(Cl)=C(c2ccc(-c3ccc4cc(-c5cnc([C@@H]6CCCN6C(=O)OC(C)(C)C)[nH]5)ccc4c3)cc2)C1. The zero-order chi connectivity index (χ0) is 36.1. The second kappa shape index (κ2) is 13.5. The summed E-state index contributed by atoms with van der Waals surface area (Å²) in [6.45, 7) is 12.6. The predicted molar refractivity (Wildman–Crippen MR) is 203 cm³/mol. The number of imidazole rings is 1. The van der Waals surface area contributed by atoms with E-state index >= 15 is 0 Å². The van der Waals surface area contributed by atoms with E-state index < -0.39 is 11.2 Å². The molecule has 4 heterocycles. The molecule has 0 aliphatic carbocycles. The van der Waals surface area contributed by atoms with Crippen molar-refractivity contribution in [3.8, 4) is 22.4 Å². The van der Waals surface area contributed by atoms with Gasteiger partial charge in [0.1, 0.15) is 22.2 Å². The fraction of sp³-hybridized carbons (Fsp3) is 0.415. The average molecular weight is 708 g/mol. The molecular formula is C41H46ClN5O4. The number of carbonyl (C=O) groups excluding carboxylic acids is 2. The molecule has 0 bridgehead atoms. The van der Waals surface area contributed by atoms with Crippen LogP contribution in [0, 0.1) is 0 Å². The number of likely N-dealkylation sites (tertiary alicyclic amines) is 2. The van der Waals surface area contributed by atoms with E-state index in [4.69, 9.17) is 26.1 Å². The van der Waals surface area contributed by atoms with Gasteiger partial charge >= 0.3 is 12.2 Å². The van der Waals surface area contributed by atoms with Crippen LogP contribution in [0.4, 0.5) is 9.59 Å². The molecular weight excluding hydrogens is 662 g/mol. The highest BCUT2D eigenvalue weighted by Gasteiger charge is 2.38. The van der Waals surface area contributed by atoms with Gasteiger partial charge in [-0.1, -0.05) is 60.1 Å². The summed E-state index contributed by atoms with van der Waals surface area (Å²) in [6, 6.07) is 21.1.